The Bertz CT molecular complexity index is 1020. The Morgan fingerprint density at radius 3 is 2.90 bits per heavy atom. The van der Waals surface area contributed by atoms with E-state index in [1.807, 2.05) is 19.1 Å². The Morgan fingerprint density at radius 1 is 1.29 bits per heavy atom. The predicted octanol–water partition coefficient (Wildman–Crippen LogP) is 2.63. The van der Waals surface area contributed by atoms with Crippen LogP contribution < -0.4 is 10.2 Å². The summed E-state index contributed by atoms with van der Waals surface area (Å²) in [5.41, 5.74) is 1.59. The molecule has 0 bridgehead atoms. The highest BCUT2D eigenvalue weighted by atomic mass is 32.1. The van der Waals surface area contributed by atoms with Gasteiger partial charge in [-0.25, -0.2) is 4.98 Å². The largest absolute Gasteiger partial charge is 0.353 e. The van der Waals surface area contributed by atoms with Crippen LogP contribution in [0.3, 0.4) is 0 Å². The highest BCUT2D eigenvalue weighted by Crippen LogP contribution is 2.55. The molecule has 4 aliphatic rings. The Morgan fingerprint density at radius 2 is 2.16 bits per heavy atom. The number of fused-ring (bicyclic) bond motifs is 1. The standard InChI is InChI=1S/C22H28N8S/c1-16-10-19(31-27-16)26-20-24-7-2-18(25-20)29-14-22(15-29,5-6-23)30-9-8-28-13-21(3-4-21)11-17(28)12-30/h2,7,10,17H,3-5,8-9,11-15H2,1H3,(H,24,25,26)/t17-/m0/s1. The maximum atomic E-state index is 9.60. The molecule has 6 rings (SSSR count). The molecule has 0 radical (unpaired) electrons. The van der Waals surface area contributed by atoms with E-state index >= 15 is 0 Å². The van der Waals surface area contributed by atoms with Gasteiger partial charge in [-0.15, -0.1) is 0 Å². The lowest BCUT2D eigenvalue weighted by molar-refractivity contribution is -0.000583. The molecule has 9 heteroatoms. The Kier molecular flexibility index (Phi) is 4.46. The minimum Gasteiger partial charge on any atom is -0.353 e. The Balaban J connectivity index is 1.14. The van der Waals surface area contributed by atoms with Crippen molar-refractivity contribution in [2.45, 2.75) is 44.2 Å². The van der Waals surface area contributed by atoms with Crippen LogP contribution in [0.4, 0.5) is 16.8 Å². The summed E-state index contributed by atoms with van der Waals surface area (Å²) in [6.07, 6.45) is 6.57. The maximum absolute atomic E-state index is 9.60. The van der Waals surface area contributed by atoms with Crippen molar-refractivity contribution in [3.8, 4) is 6.07 Å². The van der Waals surface area contributed by atoms with E-state index in [9.17, 15) is 5.26 Å². The summed E-state index contributed by atoms with van der Waals surface area (Å²) in [6, 6.07) is 7.12. The number of aryl methyl sites for hydroxylation is 1. The van der Waals surface area contributed by atoms with Crippen molar-refractivity contribution in [3.05, 3.63) is 24.0 Å². The molecule has 0 amide bonds. The molecule has 2 aromatic heterocycles. The fourth-order valence-electron chi connectivity index (χ4n) is 5.77. The molecule has 0 unspecified atom stereocenters. The summed E-state index contributed by atoms with van der Waals surface area (Å²) < 4.78 is 4.30. The van der Waals surface area contributed by atoms with Crippen LogP contribution in [-0.2, 0) is 0 Å². The summed E-state index contributed by atoms with van der Waals surface area (Å²) in [7, 11) is 0. The monoisotopic (exact) mass is 436 g/mol. The van der Waals surface area contributed by atoms with Gasteiger partial charge < -0.3 is 10.2 Å². The molecule has 4 fully saturated rings. The zero-order valence-corrected chi connectivity index (χ0v) is 18.7. The van der Waals surface area contributed by atoms with E-state index in [1.165, 1.54) is 37.3 Å². The molecule has 5 heterocycles. The fraction of sp³-hybridized carbons (Fsp3) is 0.636. The van der Waals surface area contributed by atoms with Gasteiger partial charge in [-0.05, 0) is 55.3 Å². The van der Waals surface area contributed by atoms with Crippen molar-refractivity contribution < 1.29 is 0 Å². The van der Waals surface area contributed by atoms with E-state index in [4.69, 9.17) is 4.98 Å². The van der Waals surface area contributed by atoms with Gasteiger partial charge in [0.25, 0.3) is 0 Å². The number of rotatable bonds is 5. The first-order valence-corrected chi connectivity index (χ1v) is 12.0. The number of anilines is 3. The van der Waals surface area contributed by atoms with Gasteiger partial charge >= 0.3 is 0 Å². The highest BCUT2D eigenvalue weighted by molar-refractivity contribution is 7.10. The van der Waals surface area contributed by atoms with Crippen molar-refractivity contribution in [2.24, 2.45) is 5.41 Å². The molecule has 8 nitrogen and oxygen atoms in total. The molecule has 1 N–H and O–H groups in total. The molecule has 1 atom stereocenters. The zero-order chi connectivity index (χ0) is 21.1. The van der Waals surface area contributed by atoms with E-state index in [0.717, 1.165) is 49.2 Å². The van der Waals surface area contributed by atoms with Crippen LogP contribution in [0.15, 0.2) is 18.3 Å². The topological polar surface area (TPSA) is 84.2 Å². The second-order valence-corrected chi connectivity index (χ2v) is 10.7. The molecular formula is C22H28N8S. The number of piperazine rings is 1. The lowest BCUT2D eigenvalue weighted by Crippen LogP contribution is -2.73. The number of aromatic nitrogens is 3. The first-order chi connectivity index (χ1) is 15.1. The van der Waals surface area contributed by atoms with Gasteiger partial charge in [-0.3, -0.25) is 9.80 Å². The van der Waals surface area contributed by atoms with Crippen LogP contribution in [0, 0.1) is 23.7 Å². The van der Waals surface area contributed by atoms with Gasteiger partial charge in [-0.2, -0.15) is 14.6 Å². The molecule has 0 aromatic carbocycles. The molecule has 1 saturated carbocycles. The molecule has 3 aliphatic heterocycles. The number of nitrogens with zero attached hydrogens (tertiary/aromatic N) is 7. The van der Waals surface area contributed by atoms with E-state index in [1.54, 1.807) is 6.20 Å². The molecule has 1 aliphatic carbocycles. The molecule has 31 heavy (non-hydrogen) atoms. The highest BCUT2D eigenvalue weighted by Gasteiger charge is 2.56. The molecule has 2 aromatic rings. The smallest absolute Gasteiger partial charge is 0.229 e. The Hall–Kier alpha value is -2.28. The normalized spacial score (nSPS) is 26.3. The molecule has 3 saturated heterocycles. The van der Waals surface area contributed by atoms with Crippen LogP contribution in [-0.4, -0.2) is 75.0 Å². The van der Waals surface area contributed by atoms with Gasteiger partial charge in [0, 0.05) is 51.5 Å². The predicted molar refractivity (Wildman–Crippen MR) is 121 cm³/mol. The van der Waals surface area contributed by atoms with Crippen molar-refractivity contribution in [1.29, 1.82) is 5.26 Å². The summed E-state index contributed by atoms with van der Waals surface area (Å²) in [5, 5.41) is 13.8. The van der Waals surface area contributed by atoms with Crippen molar-refractivity contribution >= 4 is 28.3 Å². The molecule has 162 valence electrons. The first-order valence-electron chi connectivity index (χ1n) is 11.2. The molecular weight excluding hydrogens is 408 g/mol. The first kappa shape index (κ1) is 19.4. The second-order valence-electron chi connectivity index (χ2n) is 9.89. The summed E-state index contributed by atoms with van der Waals surface area (Å²) in [6.45, 7) is 8.32. The van der Waals surface area contributed by atoms with Gasteiger partial charge in [-0.1, -0.05) is 0 Å². The number of hydrogen-bond acceptors (Lipinski definition) is 9. The van der Waals surface area contributed by atoms with Gasteiger partial charge in [0.15, 0.2) is 0 Å². The van der Waals surface area contributed by atoms with E-state index in [-0.39, 0.29) is 5.54 Å². The fourth-order valence-corrected chi connectivity index (χ4v) is 6.43. The average Bonchev–Trinajstić information content (AvgIpc) is 3.19. The van der Waals surface area contributed by atoms with Crippen LogP contribution in [0.1, 0.15) is 31.4 Å². The SMILES string of the molecule is Cc1cc(Nc2nccc(N3CC(CC#N)(N4CCN5CC6(CC6)C[C@H]5C4)C3)n2)sn1. The number of nitriles is 1. The van der Waals surface area contributed by atoms with Crippen LogP contribution in [0.25, 0.3) is 0 Å². The summed E-state index contributed by atoms with van der Waals surface area (Å²) in [5.74, 6) is 1.51. The van der Waals surface area contributed by atoms with Crippen molar-refractivity contribution in [1.82, 2.24) is 24.1 Å². The van der Waals surface area contributed by atoms with Crippen LogP contribution in [0.5, 0.6) is 0 Å². The van der Waals surface area contributed by atoms with Crippen LogP contribution >= 0.6 is 11.5 Å². The third-order valence-corrected chi connectivity index (χ3v) is 8.44. The zero-order valence-electron chi connectivity index (χ0n) is 17.9. The quantitative estimate of drug-likeness (QED) is 0.766. The average molecular weight is 437 g/mol. The Labute approximate surface area is 187 Å². The van der Waals surface area contributed by atoms with E-state index < -0.39 is 0 Å². The van der Waals surface area contributed by atoms with Crippen molar-refractivity contribution in [3.63, 3.8) is 0 Å². The second kappa shape index (κ2) is 7.12. The third kappa shape index (κ3) is 3.47. The van der Waals surface area contributed by atoms with Gasteiger partial charge in [0.1, 0.15) is 10.8 Å². The third-order valence-electron chi connectivity index (χ3n) is 7.65. The van der Waals surface area contributed by atoms with Gasteiger partial charge in [0.05, 0.1) is 23.7 Å². The lowest BCUT2D eigenvalue weighted by atomic mass is 9.83. The summed E-state index contributed by atoms with van der Waals surface area (Å²) >= 11 is 1.41. The minimum absolute atomic E-state index is 0.0481. The maximum Gasteiger partial charge on any atom is 0.229 e. The van der Waals surface area contributed by atoms with Crippen LogP contribution in [0.2, 0.25) is 0 Å². The van der Waals surface area contributed by atoms with Gasteiger partial charge in [0.2, 0.25) is 5.95 Å². The lowest BCUT2D eigenvalue weighted by Gasteiger charge is -2.57. The number of hydrogen-bond donors (Lipinski definition) is 1. The van der Waals surface area contributed by atoms with E-state index in [0.29, 0.717) is 23.8 Å². The number of nitrogens with one attached hydrogen (secondary N) is 1. The van der Waals surface area contributed by atoms with Crippen molar-refractivity contribution in [2.75, 3.05) is 49.5 Å². The minimum atomic E-state index is -0.0481. The summed E-state index contributed by atoms with van der Waals surface area (Å²) in [4.78, 5) is 16.7. The van der Waals surface area contributed by atoms with E-state index in [2.05, 4.69) is 35.4 Å². The molecule has 1 spiro atoms.